The SMILES string of the molecule is COc1nc(C(=O)NCc2ccc3ccccc3n2)cc2ccccc12. The zero-order valence-corrected chi connectivity index (χ0v) is 14.3. The lowest BCUT2D eigenvalue weighted by molar-refractivity contribution is 0.0945. The van der Waals surface area contributed by atoms with Crippen molar-refractivity contribution < 1.29 is 9.53 Å². The molecular weight excluding hydrogens is 326 g/mol. The summed E-state index contributed by atoms with van der Waals surface area (Å²) in [4.78, 5) is 21.4. The van der Waals surface area contributed by atoms with Gasteiger partial charge >= 0.3 is 0 Å². The maximum atomic E-state index is 12.5. The van der Waals surface area contributed by atoms with Gasteiger partial charge in [-0.3, -0.25) is 9.78 Å². The predicted octanol–water partition coefficient (Wildman–Crippen LogP) is 3.72. The first-order valence-corrected chi connectivity index (χ1v) is 8.31. The second kappa shape index (κ2) is 6.80. The number of carbonyl (C=O) groups excluding carboxylic acids is 1. The number of nitrogens with one attached hydrogen (secondary N) is 1. The van der Waals surface area contributed by atoms with Crippen molar-refractivity contribution >= 4 is 27.6 Å². The lowest BCUT2D eigenvalue weighted by atomic mass is 10.1. The number of amides is 1. The molecule has 0 aliphatic rings. The smallest absolute Gasteiger partial charge is 0.270 e. The van der Waals surface area contributed by atoms with Crippen molar-refractivity contribution in [3.05, 3.63) is 78.1 Å². The number of rotatable bonds is 4. The number of methoxy groups -OCH3 is 1. The maximum absolute atomic E-state index is 12.5. The molecule has 2 aromatic heterocycles. The van der Waals surface area contributed by atoms with Gasteiger partial charge in [-0.2, -0.15) is 0 Å². The van der Waals surface area contributed by atoms with Crippen LogP contribution >= 0.6 is 0 Å². The monoisotopic (exact) mass is 343 g/mol. The van der Waals surface area contributed by atoms with Crippen molar-refractivity contribution in [3.63, 3.8) is 0 Å². The van der Waals surface area contributed by atoms with E-state index in [4.69, 9.17) is 4.74 Å². The van der Waals surface area contributed by atoms with Crippen LogP contribution in [0.25, 0.3) is 21.7 Å². The van der Waals surface area contributed by atoms with Gasteiger partial charge in [-0.05, 0) is 29.7 Å². The molecule has 128 valence electrons. The third-order valence-electron chi connectivity index (χ3n) is 4.22. The van der Waals surface area contributed by atoms with Gasteiger partial charge in [0.25, 0.3) is 5.91 Å². The Labute approximate surface area is 150 Å². The number of aromatic nitrogens is 2. The van der Waals surface area contributed by atoms with E-state index in [1.54, 1.807) is 13.2 Å². The first-order chi connectivity index (χ1) is 12.7. The fraction of sp³-hybridized carbons (Fsp3) is 0.0952. The number of carbonyl (C=O) groups is 1. The lowest BCUT2D eigenvalue weighted by Gasteiger charge is -2.09. The van der Waals surface area contributed by atoms with Crippen molar-refractivity contribution in [1.29, 1.82) is 0 Å². The molecule has 0 atom stereocenters. The van der Waals surface area contributed by atoms with Crippen LogP contribution in [0.1, 0.15) is 16.2 Å². The van der Waals surface area contributed by atoms with Gasteiger partial charge in [-0.1, -0.05) is 42.5 Å². The number of hydrogen-bond donors (Lipinski definition) is 1. The van der Waals surface area contributed by atoms with Gasteiger partial charge in [0.2, 0.25) is 5.88 Å². The highest BCUT2D eigenvalue weighted by molar-refractivity contribution is 5.98. The summed E-state index contributed by atoms with van der Waals surface area (Å²) in [7, 11) is 1.55. The van der Waals surface area contributed by atoms with E-state index >= 15 is 0 Å². The molecule has 2 heterocycles. The Morgan fingerprint density at radius 2 is 1.73 bits per heavy atom. The fourth-order valence-electron chi connectivity index (χ4n) is 2.91. The van der Waals surface area contributed by atoms with Gasteiger partial charge in [-0.25, -0.2) is 4.98 Å². The highest BCUT2D eigenvalue weighted by atomic mass is 16.5. The van der Waals surface area contributed by atoms with E-state index in [0.29, 0.717) is 18.1 Å². The molecule has 0 unspecified atom stereocenters. The van der Waals surface area contributed by atoms with E-state index in [1.807, 2.05) is 60.7 Å². The van der Waals surface area contributed by atoms with Crippen LogP contribution in [0, 0.1) is 0 Å². The Morgan fingerprint density at radius 1 is 0.962 bits per heavy atom. The van der Waals surface area contributed by atoms with Crippen molar-refractivity contribution in [1.82, 2.24) is 15.3 Å². The average Bonchev–Trinajstić information content (AvgIpc) is 2.71. The molecule has 26 heavy (non-hydrogen) atoms. The van der Waals surface area contributed by atoms with Crippen LogP contribution in [0.3, 0.4) is 0 Å². The highest BCUT2D eigenvalue weighted by Crippen LogP contribution is 2.24. The normalized spacial score (nSPS) is 10.8. The van der Waals surface area contributed by atoms with Crippen LogP contribution in [0.2, 0.25) is 0 Å². The Morgan fingerprint density at radius 3 is 2.58 bits per heavy atom. The van der Waals surface area contributed by atoms with Crippen LogP contribution < -0.4 is 10.1 Å². The molecule has 0 radical (unpaired) electrons. The summed E-state index contributed by atoms with van der Waals surface area (Å²) in [6.07, 6.45) is 0. The van der Waals surface area contributed by atoms with Crippen LogP contribution in [-0.2, 0) is 6.54 Å². The van der Waals surface area contributed by atoms with Crippen molar-refractivity contribution in [2.45, 2.75) is 6.54 Å². The molecule has 5 nitrogen and oxygen atoms in total. The van der Waals surface area contributed by atoms with Gasteiger partial charge < -0.3 is 10.1 Å². The molecule has 2 aromatic carbocycles. The summed E-state index contributed by atoms with van der Waals surface area (Å²) in [6, 6.07) is 21.3. The molecule has 5 heteroatoms. The van der Waals surface area contributed by atoms with E-state index in [9.17, 15) is 4.79 Å². The van der Waals surface area contributed by atoms with E-state index in [2.05, 4.69) is 15.3 Å². The number of para-hydroxylation sites is 1. The number of nitrogens with zero attached hydrogens (tertiary/aromatic N) is 2. The molecule has 0 saturated carbocycles. The molecule has 0 aliphatic carbocycles. The zero-order valence-electron chi connectivity index (χ0n) is 14.3. The molecule has 0 bridgehead atoms. The molecule has 0 aliphatic heterocycles. The van der Waals surface area contributed by atoms with Crippen LogP contribution in [-0.4, -0.2) is 23.0 Å². The number of hydrogen-bond acceptors (Lipinski definition) is 4. The van der Waals surface area contributed by atoms with Crippen molar-refractivity contribution in [3.8, 4) is 5.88 Å². The van der Waals surface area contributed by atoms with Gasteiger partial charge in [-0.15, -0.1) is 0 Å². The Balaban J connectivity index is 1.56. The topological polar surface area (TPSA) is 64.1 Å². The van der Waals surface area contributed by atoms with Gasteiger partial charge in [0.1, 0.15) is 5.69 Å². The summed E-state index contributed by atoms with van der Waals surface area (Å²) >= 11 is 0. The lowest BCUT2D eigenvalue weighted by Crippen LogP contribution is -2.24. The Kier molecular flexibility index (Phi) is 4.19. The molecule has 0 fully saturated rings. The molecule has 4 rings (SSSR count). The quantitative estimate of drug-likeness (QED) is 0.613. The second-order valence-corrected chi connectivity index (χ2v) is 5.92. The number of ether oxygens (including phenoxy) is 1. The number of fused-ring (bicyclic) bond motifs is 2. The Bertz CT molecular complexity index is 1110. The molecule has 0 spiro atoms. The van der Waals surface area contributed by atoms with Gasteiger partial charge in [0.15, 0.2) is 0 Å². The molecular formula is C21H17N3O2. The predicted molar refractivity (Wildman–Crippen MR) is 101 cm³/mol. The summed E-state index contributed by atoms with van der Waals surface area (Å²) in [5, 5.41) is 5.74. The molecule has 0 saturated heterocycles. The van der Waals surface area contributed by atoms with E-state index < -0.39 is 0 Å². The molecule has 1 N–H and O–H groups in total. The van der Waals surface area contributed by atoms with Crippen LogP contribution in [0.5, 0.6) is 5.88 Å². The van der Waals surface area contributed by atoms with E-state index in [-0.39, 0.29) is 5.91 Å². The largest absolute Gasteiger partial charge is 0.481 e. The van der Waals surface area contributed by atoms with Crippen molar-refractivity contribution in [2.75, 3.05) is 7.11 Å². The van der Waals surface area contributed by atoms with Gasteiger partial charge in [0.05, 0.1) is 24.9 Å². The number of benzene rings is 2. The van der Waals surface area contributed by atoms with Crippen molar-refractivity contribution in [2.24, 2.45) is 0 Å². The maximum Gasteiger partial charge on any atom is 0.270 e. The highest BCUT2D eigenvalue weighted by Gasteiger charge is 2.12. The summed E-state index contributed by atoms with van der Waals surface area (Å²) in [5.41, 5.74) is 2.02. The Hall–Kier alpha value is -3.47. The standard InChI is InChI=1S/C21H17N3O2/c1-26-21-17-8-4-2-7-15(17)12-19(24-21)20(25)22-13-16-11-10-14-6-3-5-9-18(14)23-16/h2-12H,13H2,1H3,(H,22,25). The minimum atomic E-state index is -0.260. The molecule has 4 aromatic rings. The third-order valence-corrected chi connectivity index (χ3v) is 4.22. The first kappa shape index (κ1) is 16.0. The van der Waals surface area contributed by atoms with E-state index in [0.717, 1.165) is 27.4 Å². The zero-order chi connectivity index (χ0) is 17.9. The molecule has 1 amide bonds. The summed E-state index contributed by atoms with van der Waals surface area (Å²) < 4.78 is 5.33. The van der Waals surface area contributed by atoms with E-state index in [1.165, 1.54) is 0 Å². The average molecular weight is 343 g/mol. The van der Waals surface area contributed by atoms with Gasteiger partial charge in [0, 0.05) is 10.8 Å². The fourth-order valence-corrected chi connectivity index (χ4v) is 2.91. The summed E-state index contributed by atoms with van der Waals surface area (Å²) in [6.45, 7) is 0.334. The summed E-state index contributed by atoms with van der Waals surface area (Å²) in [5.74, 6) is 0.182. The number of pyridine rings is 2. The minimum absolute atomic E-state index is 0.260. The van der Waals surface area contributed by atoms with Crippen LogP contribution in [0.4, 0.5) is 0 Å². The second-order valence-electron chi connectivity index (χ2n) is 5.92. The minimum Gasteiger partial charge on any atom is -0.481 e. The van der Waals surface area contributed by atoms with Crippen LogP contribution in [0.15, 0.2) is 66.7 Å². The third kappa shape index (κ3) is 3.07. The first-order valence-electron chi connectivity index (χ1n) is 8.31.